The molecule has 0 bridgehead atoms. The number of hydrogen-bond donors (Lipinski definition) is 2. The minimum Gasteiger partial charge on any atom is -0.480 e. The highest BCUT2D eigenvalue weighted by Crippen LogP contribution is 2.19. The van der Waals surface area contributed by atoms with Crippen molar-refractivity contribution in [2.45, 2.75) is 64.7 Å². The molecule has 2 N–H and O–H groups in total. The standard InChI is InChI=1S/C14H27NO3S/c1-5-6-7-8-11(4)15-12(16)9-19-13(10(2)3)14(17)18/h10-11,13H,5-9H2,1-4H3,(H,15,16)(H,17,18). The van der Waals surface area contributed by atoms with Gasteiger partial charge in [0.25, 0.3) is 0 Å². The van der Waals surface area contributed by atoms with Crippen LogP contribution in [0.4, 0.5) is 0 Å². The van der Waals surface area contributed by atoms with E-state index in [0.29, 0.717) is 0 Å². The highest BCUT2D eigenvalue weighted by atomic mass is 32.2. The van der Waals surface area contributed by atoms with Crippen molar-refractivity contribution >= 4 is 23.6 Å². The first-order chi connectivity index (χ1) is 8.88. The van der Waals surface area contributed by atoms with Crippen LogP contribution < -0.4 is 5.32 Å². The molecule has 4 nitrogen and oxygen atoms in total. The van der Waals surface area contributed by atoms with E-state index in [1.54, 1.807) is 0 Å². The number of unbranched alkanes of at least 4 members (excludes halogenated alkanes) is 2. The summed E-state index contributed by atoms with van der Waals surface area (Å²) in [6, 6.07) is 0.168. The van der Waals surface area contributed by atoms with Crippen LogP contribution in [0, 0.1) is 5.92 Å². The van der Waals surface area contributed by atoms with Crippen molar-refractivity contribution in [1.29, 1.82) is 0 Å². The van der Waals surface area contributed by atoms with Gasteiger partial charge in [-0.15, -0.1) is 11.8 Å². The van der Waals surface area contributed by atoms with Crippen LogP contribution in [0.5, 0.6) is 0 Å². The molecule has 1 amide bonds. The van der Waals surface area contributed by atoms with Crippen LogP contribution in [0.3, 0.4) is 0 Å². The number of carbonyl (C=O) groups is 2. The fourth-order valence-electron chi connectivity index (χ4n) is 1.80. The third-order valence-electron chi connectivity index (χ3n) is 2.89. The first-order valence-corrected chi connectivity index (χ1v) is 8.07. The Balaban J connectivity index is 3.93. The molecule has 5 heteroatoms. The van der Waals surface area contributed by atoms with Crippen LogP contribution >= 0.6 is 11.8 Å². The molecule has 2 unspecified atom stereocenters. The molecule has 0 aromatic heterocycles. The van der Waals surface area contributed by atoms with Crippen LogP contribution in [0.15, 0.2) is 0 Å². The van der Waals surface area contributed by atoms with Gasteiger partial charge in [0.2, 0.25) is 5.91 Å². The van der Waals surface area contributed by atoms with Gasteiger partial charge in [0.05, 0.1) is 5.75 Å². The van der Waals surface area contributed by atoms with Gasteiger partial charge >= 0.3 is 5.97 Å². The van der Waals surface area contributed by atoms with Gasteiger partial charge < -0.3 is 10.4 Å². The average molecular weight is 289 g/mol. The fourth-order valence-corrected chi connectivity index (χ4v) is 2.75. The third kappa shape index (κ3) is 8.92. The van der Waals surface area contributed by atoms with E-state index in [4.69, 9.17) is 5.11 Å². The van der Waals surface area contributed by atoms with Crippen molar-refractivity contribution in [2.75, 3.05) is 5.75 Å². The molecule has 0 aromatic rings. The quantitative estimate of drug-likeness (QED) is 0.607. The Morgan fingerprint density at radius 2 is 1.84 bits per heavy atom. The average Bonchev–Trinajstić information content (AvgIpc) is 2.28. The zero-order chi connectivity index (χ0) is 14.8. The molecule has 0 aliphatic rings. The summed E-state index contributed by atoms with van der Waals surface area (Å²) in [4.78, 5) is 22.7. The van der Waals surface area contributed by atoms with Gasteiger partial charge in [-0.2, -0.15) is 0 Å². The summed E-state index contributed by atoms with van der Waals surface area (Å²) in [5.41, 5.74) is 0. The van der Waals surface area contributed by atoms with Crippen molar-refractivity contribution in [3.63, 3.8) is 0 Å². The molecule has 0 radical (unpaired) electrons. The molecule has 0 saturated carbocycles. The van der Waals surface area contributed by atoms with Gasteiger partial charge in [-0.3, -0.25) is 9.59 Å². The summed E-state index contributed by atoms with van der Waals surface area (Å²) in [5.74, 6) is -0.672. The SMILES string of the molecule is CCCCCC(C)NC(=O)CSC(C(=O)O)C(C)C. The lowest BCUT2D eigenvalue weighted by Gasteiger charge is -2.17. The summed E-state index contributed by atoms with van der Waals surface area (Å²) >= 11 is 1.20. The molecule has 0 aromatic carbocycles. The normalized spacial score (nSPS) is 14.2. The first kappa shape index (κ1) is 18.3. The smallest absolute Gasteiger partial charge is 0.316 e. The van der Waals surface area contributed by atoms with Crippen LogP contribution in [-0.4, -0.2) is 34.0 Å². The first-order valence-electron chi connectivity index (χ1n) is 7.02. The van der Waals surface area contributed by atoms with E-state index < -0.39 is 11.2 Å². The second kappa shape index (κ2) is 10.1. The largest absolute Gasteiger partial charge is 0.480 e. The molecule has 19 heavy (non-hydrogen) atoms. The molecule has 0 spiro atoms. The van der Waals surface area contributed by atoms with Crippen molar-refractivity contribution < 1.29 is 14.7 Å². The number of carboxylic acid groups (broad SMARTS) is 1. The summed E-state index contributed by atoms with van der Waals surface area (Å²) in [6.45, 7) is 7.86. The lowest BCUT2D eigenvalue weighted by Crippen LogP contribution is -2.35. The Morgan fingerprint density at radius 1 is 1.21 bits per heavy atom. The van der Waals surface area contributed by atoms with Gasteiger partial charge in [-0.05, 0) is 19.3 Å². The summed E-state index contributed by atoms with van der Waals surface area (Å²) in [7, 11) is 0. The van der Waals surface area contributed by atoms with Crippen LogP contribution in [0.2, 0.25) is 0 Å². The minimum atomic E-state index is -0.844. The number of carboxylic acids is 1. The minimum absolute atomic E-state index is 0.0253. The Morgan fingerprint density at radius 3 is 2.32 bits per heavy atom. The molecular weight excluding hydrogens is 262 g/mol. The van der Waals surface area contributed by atoms with E-state index in [1.807, 2.05) is 20.8 Å². The van der Waals surface area contributed by atoms with Crippen LogP contribution in [0.1, 0.15) is 53.4 Å². The van der Waals surface area contributed by atoms with Crippen molar-refractivity contribution in [3.05, 3.63) is 0 Å². The van der Waals surface area contributed by atoms with Gasteiger partial charge in [0, 0.05) is 6.04 Å². The van der Waals surface area contributed by atoms with Crippen LogP contribution in [0.25, 0.3) is 0 Å². The lowest BCUT2D eigenvalue weighted by molar-refractivity contribution is -0.137. The maximum atomic E-state index is 11.7. The number of carbonyl (C=O) groups excluding carboxylic acids is 1. The Bertz CT molecular complexity index is 282. The van der Waals surface area contributed by atoms with Crippen LogP contribution in [-0.2, 0) is 9.59 Å². The molecule has 0 aliphatic carbocycles. The number of rotatable bonds is 10. The molecule has 0 heterocycles. The van der Waals surface area contributed by atoms with E-state index in [0.717, 1.165) is 12.8 Å². The highest BCUT2D eigenvalue weighted by Gasteiger charge is 2.23. The number of nitrogens with one attached hydrogen (secondary N) is 1. The maximum absolute atomic E-state index is 11.7. The van der Waals surface area contributed by atoms with Crippen molar-refractivity contribution in [3.8, 4) is 0 Å². The monoisotopic (exact) mass is 289 g/mol. The van der Waals surface area contributed by atoms with Crippen molar-refractivity contribution in [2.24, 2.45) is 5.92 Å². The number of thioether (sulfide) groups is 1. The van der Waals surface area contributed by atoms with Gasteiger partial charge in [-0.25, -0.2) is 0 Å². The summed E-state index contributed by atoms with van der Waals surface area (Å²) in [6.07, 6.45) is 4.46. The topological polar surface area (TPSA) is 66.4 Å². The fraction of sp³-hybridized carbons (Fsp3) is 0.857. The molecule has 0 aliphatic heterocycles. The molecule has 0 fully saturated rings. The summed E-state index contributed by atoms with van der Waals surface area (Å²) < 4.78 is 0. The lowest BCUT2D eigenvalue weighted by atomic mass is 10.1. The highest BCUT2D eigenvalue weighted by molar-refractivity contribution is 8.01. The van der Waals surface area contributed by atoms with Crippen molar-refractivity contribution in [1.82, 2.24) is 5.32 Å². The predicted octanol–water partition coefficient (Wildman–Crippen LogP) is 2.91. The van der Waals surface area contributed by atoms with Gasteiger partial charge in [0.15, 0.2) is 0 Å². The molecule has 0 rings (SSSR count). The van der Waals surface area contributed by atoms with E-state index in [1.165, 1.54) is 24.6 Å². The number of hydrogen-bond acceptors (Lipinski definition) is 3. The van der Waals surface area contributed by atoms with E-state index >= 15 is 0 Å². The zero-order valence-electron chi connectivity index (χ0n) is 12.4. The number of amides is 1. The van der Waals surface area contributed by atoms with Gasteiger partial charge in [0.1, 0.15) is 5.25 Å². The second-order valence-electron chi connectivity index (χ2n) is 5.28. The molecule has 112 valence electrons. The van der Waals surface area contributed by atoms with E-state index in [2.05, 4.69) is 12.2 Å². The van der Waals surface area contributed by atoms with E-state index in [9.17, 15) is 9.59 Å². The molecular formula is C14H27NO3S. The Labute approximate surface area is 120 Å². The predicted molar refractivity (Wildman–Crippen MR) is 80.5 cm³/mol. The van der Waals surface area contributed by atoms with E-state index in [-0.39, 0.29) is 23.6 Å². The van der Waals surface area contributed by atoms with Gasteiger partial charge in [-0.1, -0.05) is 40.0 Å². The Hall–Kier alpha value is -0.710. The maximum Gasteiger partial charge on any atom is 0.316 e. The zero-order valence-corrected chi connectivity index (χ0v) is 13.3. The third-order valence-corrected chi connectivity index (χ3v) is 4.42. The molecule has 0 saturated heterocycles. The molecule has 2 atom stereocenters. The second-order valence-corrected chi connectivity index (χ2v) is 6.41. The number of aliphatic carboxylic acids is 1. The Kier molecular flexibility index (Phi) is 9.74. The summed E-state index contributed by atoms with van der Waals surface area (Å²) in [5, 5.41) is 11.4.